The minimum absolute atomic E-state index is 0.616. The van der Waals surface area contributed by atoms with E-state index in [2.05, 4.69) is 39.0 Å². The lowest BCUT2D eigenvalue weighted by atomic mass is 10.1. The van der Waals surface area contributed by atoms with Gasteiger partial charge < -0.3 is 10.6 Å². The fourth-order valence-electron chi connectivity index (χ4n) is 3.13. The molecule has 1 aliphatic carbocycles. The molecule has 1 aromatic rings. The zero-order chi connectivity index (χ0) is 11.1. The van der Waals surface area contributed by atoms with E-state index in [0.717, 1.165) is 12.0 Å². The molecule has 0 aromatic heterocycles. The molecule has 1 aliphatic heterocycles. The van der Waals surface area contributed by atoms with Gasteiger partial charge in [0.25, 0.3) is 0 Å². The van der Waals surface area contributed by atoms with Gasteiger partial charge in [-0.15, -0.1) is 0 Å². The maximum Gasteiger partial charge on any atom is 0.0513 e. The van der Waals surface area contributed by atoms with Crippen LogP contribution in [0.25, 0.3) is 0 Å². The van der Waals surface area contributed by atoms with Crippen molar-refractivity contribution in [1.82, 2.24) is 0 Å². The first-order valence-corrected chi connectivity index (χ1v) is 6.82. The van der Waals surface area contributed by atoms with Gasteiger partial charge >= 0.3 is 0 Å². The standard InChI is InChI=1S/C13H17BrN2/c14-12-6-9(7-15)2-4-13(12)16-8-10-1-3-11(16)5-10/h2,4,6,10-11H,1,3,5,7-8,15H2. The zero-order valence-electron chi connectivity index (χ0n) is 9.32. The number of nitrogens with two attached hydrogens (primary N) is 1. The van der Waals surface area contributed by atoms with Crippen molar-refractivity contribution in [3.8, 4) is 0 Å². The summed E-state index contributed by atoms with van der Waals surface area (Å²) in [6.45, 7) is 1.86. The topological polar surface area (TPSA) is 29.3 Å². The number of hydrogen-bond acceptors (Lipinski definition) is 2. The number of fused-ring (bicyclic) bond motifs is 2. The lowest BCUT2D eigenvalue weighted by Gasteiger charge is -2.30. The molecule has 2 bridgehead atoms. The van der Waals surface area contributed by atoms with Crippen molar-refractivity contribution in [3.63, 3.8) is 0 Å². The molecule has 2 atom stereocenters. The monoisotopic (exact) mass is 280 g/mol. The summed E-state index contributed by atoms with van der Waals surface area (Å²) >= 11 is 3.67. The van der Waals surface area contributed by atoms with E-state index in [0.29, 0.717) is 6.54 Å². The summed E-state index contributed by atoms with van der Waals surface area (Å²) in [6.07, 6.45) is 4.19. The highest BCUT2D eigenvalue weighted by molar-refractivity contribution is 9.10. The minimum Gasteiger partial charge on any atom is -0.367 e. The Morgan fingerprint density at radius 1 is 1.38 bits per heavy atom. The van der Waals surface area contributed by atoms with Crippen molar-refractivity contribution >= 4 is 21.6 Å². The van der Waals surface area contributed by atoms with Crippen LogP contribution in [0.3, 0.4) is 0 Å². The fraction of sp³-hybridized carbons (Fsp3) is 0.538. The number of rotatable bonds is 2. The fourth-order valence-corrected chi connectivity index (χ4v) is 3.78. The number of nitrogens with zero attached hydrogens (tertiary/aromatic N) is 1. The van der Waals surface area contributed by atoms with E-state index in [-0.39, 0.29) is 0 Å². The van der Waals surface area contributed by atoms with Gasteiger partial charge in [-0.2, -0.15) is 0 Å². The van der Waals surface area contributed by atoms with Crippen molar-refractivity contribution in [2.45, 2.75) is 31.8 Å². The SMILES string of the molecule is NCc1ccc(N2CC3CCC2C3)c(Br)c1. The van der Waals surface area contributed by atoms with Gasteiger partial charge in [0.05, 0.1) is 5.69 Å². The van der Waals surface area contributed by atoms with Gasteiger partial charge in [0.1, 0.15) is 0 Å². The van der Waals surface area contributed by atoms with Crippen molar-refractivity contribution in [2.24, 2.45) is 11.7 Å². The molecule has 0 radical (unpaired) electrons. The van der Waals surface area contributed by atoms with Crippen LogP contribution < -0.4 is 10.6 Å². The van der Waals surface area contributed by atoms with Crippen molar-refractivity contribution < 1.29 is 0 Å². The quantitative estimate of drug-likeness (QED) is 0.903. The van der Waals surface area contributed by atoms with E-state index in [1.165, 1.54) is 41.5 Å². The third-order valence-corrected chi connectivity index (χ3v) is 4.60. The highest BCUT2D eigenvalue weighted by Crippen LogP contribution is 2.42. The average Bonchev–Trinajstić information content (AvgIpc) is 2.90. The highest BCUT2D eigenvalue weighted by Gasteiger charge is 2.38. The van der Waals surface area contributed by atoms with E-state index in [9.17, 15) is 0 Å². The summed E-state index contributed by atoms with van der Waals surface area (Å²) in [5.41, 5.74) is 8.19. The molecule has 16 heavy (non-hydrogen) atoms. The van der Waals surface area contributed by atoms with Gasteiger partial charge in [-0.3, -0.25) is 0 Å². The van der Waals surface area contributed by atoms with Crippen LogP contribution in [-0.4, -0.2) is 12.6 Å². The van der Waals surface area contributed by atoms with Crippen LogP contribution >= 0.6 is 15.9 Å². The van der Waals surface area contributed by atoms with Crippen molar-refractivity contribution in [1.29, 1.82) is 0 Å². The van der Waals surface area contributed by atoms with Gasteiger partial charge in [-0.25, -0.2) is 0 Å². The van der Waals surface area contributed by atoms with Crippen LogP contribution in [0, 0.1) is 5.92 Å². The van der Waals surface area contributed by atoms with E-state index < -0.39 is 0 Å². The number of halogens is 1. The van der Waals surface area contributed by atoms with Gasteiger partial charge in [0.15, 0.2) is 0 Å². The van der Waals surface area contributed by atoms with Gasteiger partial charge in [-0.1, -0.05) is 6.07 Å². The van der Waals surface area contributed by atoms with Crippen molar-refractivity contribution in [3.05, 3.63) is 28.2 Å². The maximum absolute atomic E-state index is 5.65. The molecule has 1 saturated carbocycles. The van der Waals surface area contributed by atoms with Crippen LogP contribution in [0.4, 0.5) is 5.69 Å². The number of piperidine rings is 1. The van der Waals surface area contributed by atoms with E-state index >= 15 is 0 Å². The summed E-state index contributed by atoms with van der Waals surface area (Å²) < 4.78 is 1.20. The Hall–Kier alpha value is -0.540. The molecule has 86 valence electrons. The molecule has 2 N–H and O–H groups in total. The highest BCUT2D eigenvalue weighted by atomic mass is 79.9. The number of benzene rings is 1. The minimum atomic E-state index is 0.616. The largest absolute Gasteiger partial charge is 0.367 e. The summed E-state index contributed by atoms with van der Waals surface area (Å²) in [7, 11) is 0. The van der Waals surface area contributed by atoms with Gasteiger partial charge in [0.2, 0.25) is 0 Å². The van der Waals surface area contributed by atoms with Crippen LogP contribution in [-0.2, 0) is 6.54 Å². The first kappa shape index (κ1) is 10.6. The zero-order valence-corrected chi connectivity index (χ0v) is 10.9. The molecule has 0 spiro atoms. The Labute approximate surface area is 105 Å². The molecule has 2 unspecified atom stereocenters. The summed E-state index contributed by atoms with van der Waals surface area (Å²) in [6, 6.07) is 7.30. The molecule has 2 nitrogen and oxygen atoms in total. The lowest BCUT2D eigenvalue weighted by molar-refractivity contribution is 0.553. The lowest BCUT2D eigenvalue weighted by Crippen LogP contribution is -2.32. The van der Waals surface area contributed by atoms with Crippen LogP contribution in [0.2, 0.25) is 0 Å². The molecule has 3 rings (SSSR count). The normalized spacial score (nSPS) is 27.8. The molecule has 2 aliphatic rings. The number of anilines is 1. The van der Waals surface area contributed by atoms with Gasteiger partial charge in [-0.05, 0) is 58.8 Å². The predicted octanol–water partition coefficient (Wildman–Crippen LogP) is 2.90. The number of hydrogen-bond donors (Lipinski definition) is 1. The predicted molar refractivity (Wildman–Crippen MR) is 70.5 cm³/mol. The Balaban J connectivity index is 1.89. The average molecular weight is 281 g/mol. The molecule has 1 saturated heterocycles. The Bertz CT molecular complexity index is 405. The molecular weight excluding hydrogens is 264 g/mol. The van der Waals surface area contributed by atoms with E-state index in [1.54, 1.807) is 0 Å². The summed E-state index contributed by atoms with van der Waals surface area (Å²) in [4.78, 5) is 2.57. The molecule has 1 heterocycles. The molecular formula is C13H17BrN2. The Kier molecular flexibility index (Phi) is 2.68. The van der Waals surface area contributed by atoms with Crippen LogP contribution in [0.5, 0.6) is 0 Å². The van der Waals surface area contributed by atoms with Gasteiger partial charge in [0, 0.05) is 23.6 Å². The van der Waals surface area contributed by atoms with E-state index in [1.807, 2.05) is 0 Å². The Morgan fingerprint density at radius 3 is 2.81 bits per heavy atom. The van der Waals surface area contributed by atoms with Crippen molar-refractivity contribution in [2.75, 3.05) is 11.4 Å². The third-order valence-electron chi connectivity index (χ3n) is 3.97. The maximum atomic E-state index is 5.65. The summed E-state index contributed by atoms with van der Waals surface area (Å²) in [5.74, 6) is 0.936. The second-order valence-electron chi connectivity index (χ2n) is 4.98. The van der Waals surface area contributed by atoms with E-state index in [4.69, 9.17) is 5.73 Å². The van der Waals surface area contributed by atoms with Crippen LogP contribution in [0.15, 0.2) is 22.7 Å². The smallest absolute Gasteiger partial charge is 0.0513 e. The third kappa shape index (κ3) is 1.66. The van der Waals surface area contributed by atoms with Crippen LogP contribution in [0.1, 0.15) is 24.8 Å². The second-order valence-corrected chi connectivity index (χ2v) is 5.83. The molecule has 1 aromatic carbocycles. The first-order valence-electron chi connectivity index (χ1n) is 6.03. The second kappa shape index (κ2) is 4.04. The first-order chi connectivity index (χ1) is 7.78. The Morgan fingerprint density at radius 2 is 2.25 bits per heavy atom. The molecule has 0 amide bonds. The summed E-state index contributed by atoms with van der Waals surface area (Å²) in [5, 5.41) is 0. The molecule has 3 heteroatoms. The molecule has 2 fully saturated rings.